The van der Waals surface area contributed by atoms with Gasteiger partial charge in [0.2, 0.25) is 11.1 Å². The van der Waals surface area contributed by atoms with E-state index in [0.717, 1.165) is 12.0 Å². The zero-order chi connectivity index (χ0) is 21.7. The molecule has 8 nitrogen and oxygen atoms in total. The normalized spacial score (nSPS) is 15.2. The molecule has 0 aliphatic carbocycles. The third-order valence-electron chi connectivity index (χ3n) is 4.64. The van der Waals surface area contributed by atoms with Gasteiger partial charge in [0.1, 0.15) is 12.6 Å². The minimum atomic E-state index is -0.510. The molecule has 30 heavy (non-hydrogen) atoms. The number of allylic oxidation sites excluding steroid dienone is 1. The standard InChI is InChI=1S/C21H24N4O4S/c1-5-11-29-19(27)17-13(3)22-20-23-21(30-12-16(26)28-4)24-25(20)18(17)15-9-7-14(6-2)8-10-15/h5,7-10,18H,1,6,11-12H2,2-4H3,(H,22,23,24)/t18-/m0/s1. The molecule has 1 aliphatic rings. The molecule has 0 unspecified atom stereocenters. The van der Waals surface area contributed by atoms with Gasteiger partial charge >= 0.3 is 11.9 Å². The second-order valence-electron chi connectivity index (χ2n) is 6.58. The van der Waals surface area contributed by atoms with Crippen LogP contribution in [0, 0.1) is 0 Å². The molecule has 0 saturated heterocycles. The van der Waals surface area contributed by atoms with Crippen molar-refractivity contribution in [2.45, 2.75) is 31.5 Å². The lowest BCUT2D eigenvalue weighted by Crippen LogP contribution is -2.29. The molecule has 1 aliphatic heterocycles. The number of hydrogen-bond donors (Lipinski definition) is 1. The zero-order valence-corrected chi connectivity index (χ0v) is 18.0. The summed E-state index contributed by atoms with van der Waals surface area (Å²) in [4.78, 5) is 28.8. The first-order valence-electron chi connectivity index (χ1n) is 9.49. The smallest absolute Gasteiger partial charge is 0.338 e. The zero-order valence-electron chi connectivity index (χ0n) is 17.2. The fourth-order valence-corrected chi connectivity index (χ4v) is 3.76. The Hall–Kier alpha value is -3.07. The summed E-state index contributed by atoms with van der Waals surface area (Å²) in [6.07, 6.45) is 2.44. The van der Waals surface area contributed by atoms with E-state index in [0.29, 0.717) is 22.4 Å². The number of carbonyl (C=O) groups excluding carboxylic acids is 2. The largest absolute Gasteiger partial charge is 0.468 e. The molecule has 0 saturated carbocycles. The molecule has 0 spiro atoms. The number of thioether (sulfide) groups is 1. The monoisotopic (exact) mass is 428 g/mol. The SMILES string of the molecule is C=CCOC(=O)C1=C(C)Nc2nc(SCC(=O)OC)nn2[C@H]1c1ccc(CC)cc1. The number of nitrogens with zero attached hydrogens (tertiary/aromatic N) is 3. The summed E-state index contributed by atoms with van der Waals surface area (Å²) in [7, 11) is 1.33. The predicted octanol–water partition coefficient (Wildman–Crippen LogP) is 3.12. The van der Waals surface area contributed by atoms with Crippen molar-refractivity contribution in [3.63, 3.8) is 0 Å². The maximum absolute atomic E-state index is 12.8. The van der Waals surface area contributed by atoms with E-state index >= 15 is 0 Å². The second-order valence-corrected chi connectivity index (χ2v) is 7.52. The van der Waals surface area contributed by atoms with Crippen LogP contribution in [0.3, 0.4) is 0 Å². The topological polar surface area (TPSA) is 95.3 Å². The maximum atomic E-state index is 12.8. The number of anilines is 1. The molecule has 1 atom stereocenters. The summed E-state index contributed by atoms with van der Waals surface area (Å²) in [6.45, 7) is 7.60. The number of fused-ring (bicyclic) bond motifs is 1. The fraction of sp³-hybridized carbons (Fsp3) is 0.333. The Morgan fingerprint density at radius 3 is 2.70 bits per heavy atom. The Kier molecular flexibility index (Phi) is 6.94. The Bertz CT molecular complexity index is 981. The Morgan fingerprint density at radius 1 is 1.33 bits per heavy atom. The Labute approximate surface area is 179 Å². The van der Waals surface area contributed by atoms with Crippen LogP contribution in [-0.4, -0.2) is 46.2 Å². The Balaban J connectivity index is 2.01. The molecular formula is C21H24N4O4S. The molecule has 2 aromatic rings. The number of aromatic nitrogens is 3. The van der Waals surface area contributed by atoms with E-state index in [2.05, 4.69) is 33.6 Å². The minimum Gasteiger partial charge on any atom is -0.468 e. The van der Waals surface area contributed by atoms with Crippen LogP contribution in [0.1, 0.15) is 31.0 Å². The van der Waals surface area contributed by atoms with Crippen molar-refractivity contribution in [2.24, 2.45) is 0 Å². The number of carbonyl (C=O) groups is 2. The molecule has 3 rings (SSSR count). The number of ether oxygens (including phenoxy) is 2. The highest BCUT2D eigenvalue weighted by Crippen LogP contribution is 2.36. The maximum Gasteiger partial charge on any atom is 0.338 e. The van der Waals surface area contributed by atoms with E-state index in [1.54, 1.807) is 11.6 Å². The molecule has 1 aromatic heterocycles. The van der Waals surface area contributed by atoms with Crippen molar-refractivity contribution in [2.75, 3.05) is 24.8 Å². The molecule has 158 valence electrons. The van der Waals surface area contributed by atoms with Gasteiger partial charge in [-0.15, -0.1) is 5.10 Å². The minimum absolute atomic E-state index is 0.0937. The van der Waals surface area contributed by atoms with Crippen LogP contribution in [0.4, 0.5) is 5.95 Å². The van der Waals surface area contributed by atoms with Crippen LogP contribution in [0.15, 0.2) is 53.3 Å². The first-order chi connectivity index (χ1) is 14.5. The number of methoxy groups -OCH3 is 1. The van der Waals surface area contributed by atoms with Gasteiger partial charge in [-0.05, 0) is 24.5 Å². The number of esters is 2. The summed E-state index contributed by atoms with van der Waals surface area (Å²) in [5.74, 6) is -0.231. The van der Waals surface area contributed by atoms with Crippen molar-refractivity contribution in [3.05, 3.63) is 59.3 Å². The average Bonchev–Trinajstić information content (AvgIpc) is 3.17. The van der Waals surface area contributed by atoms with Gasteiger partial charge in [0, 0.05) is 5.70 Å². The number of aryl methyl sites for hydroxylation is 1. The van der Waals surface area contributed by atoms with Crippen LogP contribution in [-0.2, 0) is 25.5 Å². The van der Waals surface area contributed by atoms with Crippen LogP contribution < -0.4 is 5.32 Å². The van der Waals surface area contributed by atoms with Gasteiger partial charge in [-0.2, -0.15) is 4.98 Å². The van der Waals surface area contributed by atoms with Crippen molar-refractivity contribution >= 4 is 29.6 Å². The summed E-state index contributed by atoms with van der Waals surface area (Å²) >= 11 is 1.17. The number of hydrogen-bond acceptors (Lipinski definition) is 8. The van der Waals surface area contributed by atoms with Crippen LogP contribution >= 0.6 is 11.8 Å². The number of nitrogens with one attached hydrogen (secondary N) is 1. The molecule has 0 radical (unpaired) electrons. The quantitative estimate of drug-likeness (QED) is 0.389. The van der Waals surface area contributed by atoms with Gasteiger partial charge in [0.25, 0.3) is 0 Å². The van der Waals surface area contributed by atoms with Gasteiger partial charge in [-0.3, -0.25) is 4.79 Å². The summed E-state index contributed by atoms with van der Waals surface area (Å²) in [5.41, 5.74) is 3.16. The molecule has 9 heteroatoms. The van der Waals surface area contributed by atoms with Gasteiger partial charge in [-0.1, -0.05) is 55.6 Å². The average molecular weight is 429 g/mol. The summed E-state index contributed by atoms with van der Waals surface area (Å²) < 4.78 is 11.7. The van der Waals surface area contributed by atoms with Crippen LogP contribution in [0.2, 0.25) is 0 Å². The second kappa shape index (κ2) is 9.62. The first kappa shape index (κ1) is 21.6. The van der Waals surface area contributed by atoms with Crippen molar-refractivity contribution in [1.29, 1.82) is 0 Å². The molecule has 1 N–H and O–H groups in total. The number of benzene rings is 1. The van der Waals surface area contributed by atoms with Gasteiger partial charge in [0.15, 0.2) is 0 Å². The fourth-order valence-electron chi connectivity index (χ4n) is 3.10. The van der Waals surface area contributed by atoms with E-state index in [4.69, 9.17) is 4.74 Å². The highest BCUT2D eigenvalue weighted by Gasteiger charge is 2.35. The molecular weight excluding hydrogens is 404 g/mol. The van der Waals surface area contributed by atoms with Gasteiger partial charge < -0.3 is 14.8 Å². The predicted molar refractivity (Wildman–Crippen MR) is 114 cm³/mol. The van der Waals surface area contributed by atoms with Crippen molar-refractivity contribution in [3.8, 4) is 0 Å². The van der Waals surface area contributed by atoms with Crippen LogP contribution in [0.25, 0.3) is 0 Å². The van der Waals surface area contributed by atoms with E-state index < -0.39 is 12.0 Å². The van der Waals surface area contributed by atoms with E-state index in [1.807, 2.05) is 24.3 Å². The highest BCUT2D eigenvalue weighted by molar-refractivity contribution is 7.99. The molecule has 0 fully saturated rings. The van der Waals surface area contributed by atoms with Crippen LogP contribution in [0.5, 0.6) is 0 Å². The third-order valence-corrected chi connectivity index (χ3v) is 5.45. The molecule has 1 aromatic carbocycles. The third kappa shape index (κ3) is 4.56. The van der Waals surface area contributed by atoms with Gasteiger partial charge in [0.05, 0.1) is 18.4 Å². The van der Waals surface area contributed by atoms with E-state index in [-0.39, 0.29) is 18.3 Å². The molecule has 0 amide bonds. The highest BCUT2D eigenvalue weighted by atomic mass is 32.2. The van der Waals surface area contributed by atoms with E-state index in [1.165, 1.54) is 30.5 Å². The van der Waals surface area contributed by atoms with Crippen molar-refractivity contribution in [1.82, 2.24) is 14.8 Å². The number of rotatable bonds is 8. The Morgan fingerprint density at radius 2 is 2.07 bits per heavy atom. The lowest BCUT2D eigenvalue weighted by molar-refractivity contribution is -0.138. The van der Waals surface area contributed by atoms with Gasteiger partial charge in [-0.25, -0.2) is 9.48 Å². The summed E-state index contributed by atoms with van der Waals surface area (Å²) in [6, 6.07) is 7.52. The molecule has 2 heterocycles. The van der Waals surface area contributed by atoms with Crippen molar-refractivity contribution < 1.29 is 19.1 Å². The lowest BCUT2D eigenvalue weighted by Gasteiger charge is -2.28. The first-order valence-corrected chi connectivity index (χ1v) is 10.5. The van der Waals surface area contributed by atoms with E-state index in [9.17, 15) is 9.59 Å². The lowest BCUT2D eigenvalue weighted by atomic mass is 9.95. The summed E-state index contributed by atoms with van der Waals surface area (Å²) in [5, 5.41) is 8.07. The molecule has 0 bridgehead atoms.